The first-order chi connectivity index (χ1) is 9.97. The Balaban J connectivity index is 2.05. The third kappa shape index (κ3) is 2.85. The molecule has 3 rings (SSSR count). The van der Waals surface area contributed by atoms with E-state index in [-0.39, 0.29) is 10.7 Å². The fraction of sp³-hybridized carbons (Fsp3) is 0.385. The molecular formula is C13H17N5O2S. The zero-order valence-corrected chi connectivity index (χ0v) is 12.5. The number of nitrogens with zero attached hydrogens (tertiary/aromatic N) is 3. The zero-order valence-electron chi connectivity index (χ0n) is 11.7. The molecule has 0 radical (unpaired) electrons. The molecule has 1 aliphatic carbocycles. The normalized spacial score (nSPS) is 15.1. The Morgan fingerprint density at radius 1 is 1.43 bits per heavy atom. The molecule has 0 aromatic carbocycles. The number of nitrogen functional groups attached to an aromatic ring is 1. The van der Waals surface area contributed by atoms with Crippen LogP contribution in [0.3, 0.4) is 0 Å². The number of hydrogen-bond donors (Lipinski definition) is 2. The lowest BCUT2D eigenvalue weighted by Crippen LogP contribution is -2.08. The number of pyridine rings is 1. The van der Waals surface area contributed by atoms with Crippen LogP contribution in [-0.2, 0) is 9.84 Å². The Labute approximate surface area is 123 Å². The van der Waals surface area contributed by atoms with Crippen molar-refractivity contribution in [2.45, 2.75) is 17.7 Å². The molecule has 1 saturated carbocycles. The van der Waals surface area contributed by atoms with E-state index in [4.69, 9.17) is 5.73 Å². The first-order valence-corrected chi connectivity index (χ1v) is 8.60. The molecule has 0 spiro atoms. The van der Waals surface area contributed by atoms with Gasteiger partial charge in [-0.2, -0.15) is 4.68 Å². The SMILES string of the molecule is CS(=O)(=O)c1c(NCC2CC2)nn(-c2ccccn2)c1N. The van der Waals surface area contributed by atoms with E-state index in [2.05, 4.69) is 15.4 Å². The molecule has 2 heterocycles. The van der Waals surface area contributed by atoms with Gasteiger partial charge < -0.3 is 11.1 Å². The molecule has 112 valence electrons. The molecule has 0 atom stereocenters. The fourth-order valence-electron chi connectivity index (χ4n) is 2.11. The largest absolute Gasteiger partial charge is 0.382 e. The van der Waals surface area contributed by atoms with Gasteiger partial charge >= 0.3 is 0 Å². The Morgan fingerprint density at radius 3 is 2.76 bits per heavy atom. The Kier molecular flexibility index (Phi) is 3.32. The van der Waals surface area contributed by atoms with Crippen LogP contribution in [0.15, 0.2) is 29.3 Å². The lowest BCUT2D eigenvalue weighted by Gasteiger charge is -2.03. The van der Waals surface area contributed by atoms with Crippen molar-refractivity contribution in [2.75, 3.05) is 23.9 Å². The van der Waals surface area contributed by atoms with E-state index in [9.17, 15) is 8.42 Å². The van der Waals surface area contributed by atoms with Gasteiger partial charge in [0.05, 0.1) is 0 Å². The minimum atomic E-state index is -3.48. The van der Waals surface area contributed by atoms with Gasteiger partial charge in [0, 0.05) is 19.0 Å². The van der Waals surface area contributed by atoms with Crippen LogP contribution in [-0.4, -0.2) is 36.0 Å². The molecule has 0 aliphatic heterocycles. The molecule has 2 aromatic heterocycles. The number of rotatable bonds is 5. The van der Waals surface area contributed by atoms with E-state index in [0.29, 0.717) is 24.1 Å². The van der Waals surface area contributed by atoms with Crippen molar-refractivity contribution in [1.82, 2.24) is 14.8 Å². The Hall–Kier alpha value is -2.09. The van der Waals surface area contributed by atoms with Crippen LogP contribution in [0, 0.1) is 5.92 Å². The van der Waals surface area contributed by atoms with E-state index in [1.54, 1.807) is 24.4 Å². The summed E-state index contributed by atoms with van der Waals surface area (Å²) in [5.74, 6) is 1.46. The highest BCUT2D eigenvalue weighted by atomic mass is 32.2. The fourth-order valence-corrected chi connectivity index (χ4v) is 3.05. The molecule has 0 unspecified atom stereocenters. The van der Waals surface area contributed by atoms with Crippen molar-refractivity contribution in [2.24, 2.45) is 5.92 Å². The average molecular weight is 307 g/mol. The number of anilines is 2. The standard InChI is InChI=1S/C13H17N5O2S/c1-21(19,20)11-12(14)18(10-4-2-3-7-15-10)17-13(11)16-8-9-5-6-9/h2-4,7,9H,5-6,8,14H2,1H3,(H,16,17). The Bertz CT molecular complexity index is 750. The molecule has 0 amide bonds. The van der Waals surface area contributed by atoms with Gasteiger partial charge in [0.15, 0.2) is 26.4 Å². The van der Waals surface area contributed by atoms with Crippen molar-refractivity contribution < 1.29 is 8.42 Å². The van der Waals surface area contributed by atoms with E-state index in [0.717, 1.165) is 19.1 Å². The van der Waals surface area contributed by atoms with Crippen LogP contribution < -0.4 is 11.1 Å². The van der Waals surface area contributed by atoms with Gasteiger partial charge in [0.25, 0.3) is 0 Å². The van der Waals surface area contributed by atoms with Crippen molar-refractivity contribution in [3.05, 3.63) is 24.4 Å². The molecule has 1 aliphatic rings. The van der Waals surface area contributed by atoms with Gasteiger partial charge in [-0.05, 0) is 30.9 Å². The lowest BCUT2D eigenvalue weighted by atomic mass is 10.4. The van der Waals surface area contributed by atoms with Gasteiger partial charge in [-0.25, -0.2) is 13.4 Å². The van der Waals surface area contributed by atoms with E-state index < -0.39 is 9.84 Å². The van der Waals surface area contributed by atoms with E-state index in [1.165, 1.54) is 4.68 Å². The maximum absolute atomic E-state index is 12.0. The molecule has 21 heavy (non-hydrogen) atoms. The molecule has 8 heteroatoms. The van der Waals surface area contributed by atoms with Crippen LogP contribution in [0.2, 0.25) is 0 Å². The Morgan fingerprint density at radius 2 is 2.19 bits per heavy atom. The van der Waals surface area contributed by atoms with Gasteiger partial charge in [0.1, 0.15) is 5.82 Å². The zero-order chi connectivity index (χ0) is 15.0. The summed E-state index contributed by atoms with van der Waals surface area (Å²) in [6.07, 6.45) is 5.06. The maximum Gasteiger partial charge on any atom is 0.182 e. The molecular weight excluding hydrogens is 290 g/mol. The van der Waals surface area contributed by atoms with E-state index in [1.807, 2.05) is 0 Å². The van der Waals surface area contributed by atoms with Gasteiger partial charge in [0.2, 0.25) is 0 Å². The number of nitrogens with one attached hydrogen (secondary N) is 1. The maximum atomic E-state index is 12.0. The topological polar surface area (TPSA) is 103 Å². The third-order valence-electron chi connectivity index (χ3n) is 3.37. The first-order valence-electron chi connectivity index (χ1n) is 6.70. The highest BCUT2D eigenvalue weighted by molar-refractivity contribution is 7.91. The predicted molar refractivity (Wildman–Crippen MR) is 80.1 cm³/mol. The number of aromatic nitrogens is 3. The van der Waals surface area contributed by atoms with Crippen LogP contribution in [0.4, 0.5) is 11.6 Å². The molecule has 7 nitrogen and oxygen atoms in total. The molecule has 0 saturated heterocycles. The summed E-state index contributed by atoms with van der Waals surface area (Å²) >= 11 is 0. The summed E-state index contributed by atoms with van der Waals surface area (Å²) in [5, 5.41) is 7.38. The quantitative estimate of drug-likeness (QED) is 0.856. The minimum Gasteiger partial charge on any atom is -0.382 e. The lowest BCUT2D eigenvalue weighted by molar-refractivity contribution is 0.602. The van der Waals surface area contributed by atoms with Crippen molar-refractivity contribution in [3.63, 3.8) is 0 Å². The number of nitrogens with two attached hydrogens (primary N) is 1. The van der Waals surface area contributed by atoms with Crippen LogP contribution in [0.5, 0.6) is 0 Å². The number of sulfone groups is 1. The second-order valence-corrected chi connectivity index (χ2v) is 7.21. The molecule has 1 fully saturated rings. The summed E-state index contributed by atoms with van der Waals surface area (Å²) in [6, 6.07) is 5.29. The van der Waals surface area contributed by atoms with Crippen molar-refractivity contribution >= 4 is 21.5 Å². The van der Waals surface area contributed by atoms with E-state index >= 15 is 0 Å². The highest BCUT2D eigenvalue weighted by Gasteiger charge is 2.27. The molecule has 0 bridgehead atoms. The smallest absolute Gasteiger partial charge is 0.182 e. The average Bonchev–Trinajstić information content (AvgIpc) is 3.19. The summed E-state index contributed by atoms with van der Waals surface area (Å²) < 4.78 is 25.3. The highest BCUT2D eigenvalue weighted by Crippen LogP contribution is 2.32. The first kappa shape index (κ1) is 13.9. The van der Waals surface area contributed by atoms with Crippen LogP contribution in [0.25, 0.3) is 5.82 Å². The van der Waals surface area contributed by atoms with Crippen molar-refractivity contribution in [1.29, 1.82) is 0 Å². The predicted octanol–water partition coefficient (Wildman–Crippen LogP) is 1.07. The number of hydrogen-bond acceptors (Lipinski definition) is 6. The second-order valence-electron chi connectivity index (χ2n) is 5.26. The van der Waals surface area contributed by atoms with Gasteiger partial charge in [-0.3, -0.25) is 0 Å². The molecule has 3 N–H and O–H groups in total. The van der Waals surface area contributed by atoms with Gasteiger partial charge in [-0.15, -0.1) is 5.10 Å². The molecule has 2 aromatic rings. The van der Waals surface area contributed by atoms with Crippen molar-refractivity contribution in [3.8, 4) is 5.82 Å². The minimum absolute atomic E-state index is 0.0359. The monoisotopic (exact) mass is 307 g/mol. The summed E-state index contributed by atoms with van der Waals surface area (Å²) in [7, 11) is -3.48. The third-order valence-corrected chi connectivity index (χ3v) is 4.51. The summed E-state index contributed by atoms with van der Waals surface area (Å²) in [4.78, 5) is 4.19. The second kappa shape index (κ2) is 5.03. The van der Waals surface area contributed by atoms with Gasteiger partial charge in [-0.1, -0.05) is 6.07 Å². The summed E-state index contributed by atoms with van der Waals surface area (Å²) in [5.41, 5.74) is 5.99. The van der Waals surface area contributed by atoms with Crippen LogP contribution >= 0.6 is 0 Å². The van der Waals surface area contributed by atoms with Crippen LogP contribution in [0.1, 0.15) is 12.8 Å². The summed E-state index contributed by atoms with van der Waals surface area (Å²) in [6.45, 7) is 0.710.